The van der Waals surface area contributed by atoms with Crippen LogP contribution in [0.15, 0.2) is 36.4 Å². The Hall–Kier alpha value is -1.67. The molecule has 1 aromatic rings. The van der Waals surface area contributed by atoms with Crippen LogP contribution in [0.1, 0.15) is 50.2 Å². The highest BCUT2D eigenvalue weighted by molar-refractivity contribution is 7.99. The lowest BCUT2D eigenvalue weighted by molar-refractivity contribution is -0.140. The van der Waals surface area contributed by atoms with Crippen LogP contribution in [-0.2, 0) is 32.1 Å². The van der Waals surface area contributed by atoms with Gasteiger partial charge in [0.05, 0.1) is 25.9 Å². The van der Waals surface area contributed by atoms with Crippen molar-refractivity contribution in [1.82, 2.24) is 0 Å². The number of benzene rings is 1. The number of rotatable bonds is 15. The van der Waals surface area contributed by atoms with E-state index in [0.29, 0.717) is 25.9 Å². The zero-order valence-corrected chi connectivity index (χ0v) is 20.6. The van der Waals surface area contributed by atoms with Crippen LogP contribution < -0.4 is 0 Å². The van der Waals surface area contributed by atoms with E-state index < -0.39 is 12.2 Å². The van der Waals surface area contributed by atoms with Gasteiger partial charge in [-0.3, -0.25) is 9.59 Å². The van der Waals surface area contributed by atoms with Crippen molar-refractivity contribution in [1.29, 1.82) is 0 Å². The number of esters is 1. The number of hydrogen-bond acceptors (Lipinski definition) is 7. The zero-order chi connectivity index (χ0) is 24.1. The van der Waals surface area contributed by atoms with Crippen molar-refractivity contribution in [3.8, 4) is 0 Å². The van der Waals surface area contributed by atoms with Gasteiger partial charge in [-0.25, -0.2) is 0 Å². The molecule has 0 amide bonds. The Labute approximate surface area is 201 Å². The van der Waals surface area contributed by atoms with Gasteiger partial charge in [-0.1, -0.05) is 43.3 Å². The molecule has 6 nitrogen and oxygen atoms in total. The maximum Gasteiger partial charge on any atom is 0.305 e. The SMILES string of the molecule is CCCOCc1cccc(CC(O)/C=C/C2C(O)CC(=O)C2CCSCCCC(=O)OC)c1. The molecule has 1 aromatic carbocycles. The maximum absolute atomic E-state index is 12.4. The molecule has 4 unspecified atom stereocenters. The van der Waals surface area contributed by atoms with Crippen molar-refractivity contribution in [2.24, 2.45) is 11.8 Å². The summed E-state index contributed by atoms with van der Waals surface area (Å²) in [6.07, 6.45) is 5.60. The third-order valence-corrected chi connectivity index (χ3v) is 6.91. The Morgan fingerprint density at radius 3 is 2.85 bits per heavy atom. The van der Waals surface area contributed by atoms with Gasteiger partial charge in [-0.15, -0.1) is 0 Å². The third-order valence-electron chi connectivity index (χ3n) is 5.81. The first kappa shape index (κ1) is 27.6. The first-order chi connectivity index (χ1) is 15.9. The maximum atomic E-state index is 12.4. The Balaban J connectivity index is 1.82. The Morgan fingerprint density at radius 2 is 2.09 bits per heavy atom. The van der Waals surface area contributed by atoms with Crippen LogP contribution >= 0.6 is 11.8 Å². The fourth-order valence-electron chi connectivity index (χ4n) is 4.07. The molecule has 0 saturated heterocycles. The number of ether oxygens (including phenoxy) is 2. The van der Waals surface area contributed by atoms with Crippen molar-refractivity contribution < 1.29 is 29.3 Å². The van der Waals surface area contributed by atoms with Gasteiger partial charge in [-0.2, -0.15) is 11.8 Å². The molecule has 0 spiro atoms. The molecule has 0 radical (unpaired) electrons. The van der Waals surface area contributed by atoms with E-state index in [1.165, 1.54) is 7.11 Å². The molecule has 4 atom stereocenters. The predicted molar refractivity (Wildman–Crippen MR) is 131 cm³/mol. The van der Waals surface area contributed by atoms with Crippen LogP contribution in [0, 0.1) is 11.8 Å². The van der Waals surface area contributed by atoms with Gasteiger partial charge in [0.25, 0.3) is 0 Å². The molecule has 2 rings (SSSR count). The van der Waals surface area contributed by atoms with Crippen molar-refractivity contribution in [3.63, 3.8) is 0 Å². The zero-order valence-electron chi connectivity index (χ0n) is 19.8. The normalized spacial score (nSPS) is 21.6. The Kier molecular flexibility index (Phi) is 12.8. The van der Waals surface area contributed by atoms with Gasteiger partial charge < -0.3 is 19.7 Å². The highest BCUT2D eigenvalue weighted by Crippen LogP contribution is 2.34. The lowest BCUT2D eigenvalue weighted by atomic mass is 9.91. The smallest absolute Gasteiger partial charge is 0.305 e. The summed E-state index contributed by atoms with van der Waals surface area (Å²) in [6, 6.07) is 8.00. The average molecular weight is 479 g/mol. The van der Waals surface area contributed by atoms with Crippen LogP contribution in [0.3, 0.4) is 0 Å². The topological polar surface area (TPSA) is 93.1 Å². The number of thioether (sulfide) groups is 1. The molecule has 184 valence electrons. The number of carbonyl (C=O) groups is 2. The summed E-state index contributed by atoms with van der Waals surface area (Å²) in [5.74, 6) is 1.02. The Bertz CT molecular complexity index is 765. The first-order valence-corrected chi connectivity index (χ1v) is 13.0. The second kappa shape index (κ2) is 15.3. The number of methoxy groups -OCH3 is 1. The minimum absolute atomic E-state index is 0.0848. The van der Waals surface area contributed by atoms with Crippen LogP contribution in [0.4, 0.5) is 0 Å². The monoisotopic (exact) mass is 478 g/mol. The molecular formula is C26H38O6S. The summed E-state index contributed by atoms with van der Waals surface area (Å²) in [5, 5.41) is 20.9. The molecule has 0 aliphatic heterocycles. The lowest BCUT2D eigenvalue weighted by Gasteiger charge is -2.18. The van der Waals surface area contributed by atoms with Crippen LogP contribution in [0.5, 0.6) is 0 Å². The fourth-order valence-corrected chi connectivity index (χ4v) is 5.05. The first-order valence-electron chi connectivity index (χ1n) is 11.8. The van der Waals surface area contributed by atoms with Gasteiger partial charge in [0, 0.05) is 37.7 Å². The van der Waals surface area contributed by atoms with E-state index in [-0.39, 0.29) is 30.0 Å². The van der Waals surface area contributed by atoms with E-state index in [4.69, 9.17) is 4.74 Å². The van der Waals surface area contributed by atoms with Crippen molar-refractivity contribution in [2.75, 3.05) is 25.2 Å². The number of ketones is 1. The lowest BCUT2D eigenvalue weighted by Crippen LogP contribution is -2.20. The highest BCUT2D eigenvalue weighted by atomic mass is 32.2. The van der Waals surface area contributed by atoms with E-state index in [2.05, 4.69) is 11.7 Å². The summed E-state index contributed by atoms with van der Waals surface area (Å²) in [4.78, 5) is 23.5. The average Bonchev–Trinajstić information content (AvgIpc) is 3.06. The summed E-state index contributed by atoms with van der Waals surface area (Å²) in [6.45, 7) is 3.36. The Morgan fingerprint density at radius 1 is 1.30 bits per heavy atom. The second-order valence-corrected chi connectivity index (χ2v) is 9.76. The molecule has 7 heteroatoms. The van der Waals surface area contributed by atoms with Gasteiger partial charge in [0.2, 0.25) is 0 Å². The van der Waals surface area contributed by atoms with Gasteiger partial charge >= 0.3 is 5.97 Å². The second-order valence-electron chi connectivity index (χ2n) is 8.53. The minimum Gasteiger partial charge on any atom is -0.469 e. The molecule has 0 aromatic heterocycles. The summed E-state index contributed by atoms with van der Waals surface area (Å²) in [7, 11) is 1.39. The number of hydrogen-bond donors (Lipinski definition) is 2. The molecular weight excluding hydrogens is 440 g/mol. The molecule has 33 heavy (non-hydrogen) atoms. The van der Waals surface area contributed by atoms with Crippen LogP contribution in [0.2, 0.25) is 0 Å². The molecule has 0 bridgehead atoms. The van der Waals surface area contributed by atoms with Crippen molar-refractivity contribution in [2.45, 2.75) is 64.3 Å². The van der Waals surface area contributed by atoms with Gasteiger partial charge in [0.15, 0.2) is 0 Å². The molecule has 1 saturated carbocycles. The highest BCUT2D eigenvalue weighted by Gasteiger charge is 2.39. The standard InChI is InChI=1S/C26H38O6S/c1-3-12-32-18-20-7-4-6-19(15-20)16-21(27)9-10-22-23(25(29)17-24(22)28)11-14-33-13-5-8-26(30)31-2/h4,6-7,9-10,15,21-24,27-28H,3,5,8,11-14,16-18H2,1-2H3/b10-9+. The van der Waals surface area contributed by atoms with E-state index in [1.807, 2.05) is 30.3 Å². The van der Waals surface area contributed by atoms with Crippen LogP contribution in [-0.4, -0.2) is 59.4 Å². The number of aliphatic hydroxyl groups excluding tert-OH is 2. The number of Topliss-reactive ketones (excluding diaryl/α,β-unsaturated/α-hetero) is 1. The summed E-state index contributed by atoms with van der Waals surface area (Å²) < 4.78 is 10.2. The van der Waals surface area contributed by atoms with Crippen molar-refractivity contribution >= 4 is 23.5 Å². The van der Waals surface area contributed by atoms with E-state index in [0.717, 1.165) is 42.1 Å². The fraction of sp³-hybridized carbons (Fsp3) is 0.615. The number of aliphatic hydroxyl groups is 2. The van der Waals surface area contributed by atoms with Gasteiger partial charge in [-0.05, 0) is 41.9 Å². The van der Waals surface area contributed by atoms with E-state index in [9.17, 15) is 19.8 Å². The molecule has 2 N–H and O–H groups in total. The summed E-state index contributed by atoms with van der Waals surface area (Å²) >= 11 is 1.71. The van der Waals surface area contributed by atoms with Gasteiger partial charge in [0.1, 0.15) is 5.78 Å². The quantitative estimate of drug-likeness (QED) is 0.225. The predicted octanol–water partition coefficient (Wildman–Crippen LogP) is 3.72. The van der Waals surface area contributed by atoms with Crippen LogP contribution in [0.25, 0.3) is 0 Å². The molecule has 1 fully saturated rings. The molecule has 0 heterocycles. The number of carbonyl (C=O) groups excluding carboxylic acids is 2. The summed E-state index contributed by atoms with van der Waals surface area (Å²) in [5.41, 5.74) is 2.10. The van der Waals surface area contributed by atoms with E-state index >= 15 is 0 Å². The minimum atomic E-state index is -0.700. The third kappa shape index (κ3) is 10.0. The molecule has 1 aliphatic rings. The van der Waals surface area contributed by atoms with E-state index in [1.54, 1.807) is 17.8 Å². The molecule has 1 aliphatic carbocycles. The largest absolute Gasteiger partial charge is 0.469 e. The van der Waals surface area contributed by atoms with Crippen molar-refractivity contribution in [3.05, 3.63) is 47.5 Å².